The smallest absolute Gasteiger partial charge is 0.345 e. The predicted molar refractivity (Wildman–Crippen MR) is 118 cm³/mol. The Morgan fingerprint density at radius 3 is 2.79 bits per heavy atom. The lowest BCUT2D eigenvalue weighted by Gasteiger charge is -2.18. The summed E-state index contributed by atoms with van der Waals surface area (Å²) in [5, 5.41) is 11.3. The summed E-state index contributed by atoms with van der Waals surface area (Å²) in [4.78, 5) is 18.0. The van der Waals surface area contributed by atoms with Crippen LogP contribution in [0.3, 0.4) is 0 Å². The Bertz CT molecular complexity index is 900. The van der Waals surface area contributed by atoms with Gasteiger partial charge in [0.05, 0.1) is 0 Å². The second-order valence-electron chi connectivity index (χ2n) is 7.83. The number of fused-ring (bicyclic) bond motifs is 1. The molecule has 29 heavy (non-hydrogen) atoms. The Labute approximate surface area is 176 Å². The molecule has 1 aliphatic carbocycles. The standard InChI is InChI=1S/C21H30N6OS/c1-22-19(24-16-21(11-12-21)29-17-8-3-2-4-9-17)23-13-7-15-27-20(28)26-14-6-5-10-18(26)25-27/h2-4,8-9H,5-7,10-16H2,1H3,(H2,22,23,24). The zero-order valence-electron chi connectivity index (χ0n) is 17.1. The quantitative estimate of drug-likeness (QED) is 0.394. The maximum Gasteiger partial charge on any atom is 0.345 e. The summed E-state index contributed by atoms with van der Waals surface area (Å²) in [7, 11) is 1.80. The topological polar surface area (TPSA) is 76.2 Å². The number of hydrogen-bond donors (Lipinski definition) is 2. The van der Waals surface area contributed by atoms with Crippen LogP contribution in [0.1, 0.15) is 37.9 Å². The molecule has 2 heterocycles. The molecule has 1 saturated carbocycles. The lowest BCUT2D eigenvalue weighted by Crippen LogP contribution is -2.41. The molecule has 2 N–H and O–H groups in total. The van der Waals surface area contributed by atoms with Crippen molar-refractivity contribution in [2.24, 2.45) is 4.99 Å². The van der Waals surface area contributed by atoms with Gasteiger partial charge in [-0.05, 0) is 44.2 Å². The lowest BCUT2D eigenvalue weighted by atomic mass is 10.2. The highest BCUT2D eigenvalue weighted by Crippen LogP contribution is 2.51. The van der Waals surface area contributed by atoms with Gasteiger partial charge in [0, 0.05) is 49.3 Å². The zero-order valence-corrected chi connectivity index (χ0v) is 17.9. The van der Waals surface area contributed by atoms with E-state index in [9.17, 15) is 4.79 Å². The fourth-order valence-corrected chi connectivity index (χ4v) is 4.93. The normalized spacial score (nSPS) is 17.6. The predicted octanol–water partition coefficient (Wildman–Crippen LogP) is 2.26. The highest BCUT2D eigenvalue weighted by Gasteiger charge is 2.43. The number of rotatable bonds is 8. The van der Waals surface area contributed by atoms with Crippen molar-refractivity contribution in [2.45, 2.75) is 61.3 Å². The van der Waals surface area contributed by atoms with Crippen LogP contribution < -0.4 is 16.3 Å². The van der Waals surface area contributed by atoms with Crippen molar-refractivity contribution in [3.63, 3.8) is 0 Å². The van der Waals surface area contributed by atoms with Crippen molar-refractivity contribution in [1.82, 2.24) is 25.0 Å². The summed E-state index contributed by atoms with van der Waals surface area (Å²) < 4.78 is 3.73. The van der Waals surface area contributed by atoms with Crippen LogP contribution in [0.25, 0.3) is 0 Å². The van der Waals surface area contributed by atoms with E-state index in [0.717, 1.165) is 57.1 Å². The van der Waals surface area contributed by atoms with Crippen LogP contribution in [0.15, 0.2) is 45.0 Å². The van der Waals surface area contributed by atoms with Gasteiger partial charge in [0.15, 0.2) is 5.96 Å². The van der Waals surface area contributed by atoms with Crippen molar-refractivity contribution < 1.29 is 0 Å². The molecule has 1 aromatic heterocycles. The van der Waals surface area contributed by atoms with Gasteiger partial charge in [-0.25, -0.2) is 9.48 Å². The van der Waals surface area contributed by atoms with E-state index in [-0.39, 0.29) is 10.4 Å². The van der Waals surface area contributed by atoms with Gasteiger partial charge in [-0.15, -0.1) is 11.8 Å². The minimum absolute atomic E-state index is 0.0378. The molecule has 0 bridgehead atoms. The van der Waals surface area contributed by atoms with Crippen LogP contribution in [0, 0.1) is 0 Å². The Morgan fingerprint density at radius 1 is 1.24 bits per heavy atom. The summed E-state index contributed by atoms with van der Waals surface area (Å²) in [6.07, 6.45) is 6.41. The van der Waals surface area contributed by atoms with E-state index in [2.05, 4.69) is 51.1 Å². The molecule has 2 aromatic rings. The summed E-state index contributed by atoms with van der Waals surface area (Å²) in [6.45, 7) is 3.11. The van der Waals surface area contributed by atoms with Crippen molar-refractivity contribution in [1.29, 1.82) is 0 Å². The number of aliphatic imine (C=N–C) groups is 1. The molecule has 8 heteroatoms. The summed E-state index contributed by atoms with van der Waals surface area (Å²) in [5.41, 5.74) is 0.0378. The van der Waals surface area contributed by atoms with Gasteiger partial charge >= 0.3 is 5.69 Å². The Kier molecular flexibility index (Phi) is 6.28. The fourth-order valence-electron chi connectivity index (χ4n) is 3.69. The van der Waals surface area contributed by atoms with Gasteiger partial charge in [-0.2, -0.15) is 5.10 Å². The molecule has 0 amide bonds. The fraction of sp³-hybridized carbons (Fsp3) is 0.571. The highest BCUT2D eigenvalue weighted by atomic mass is 32.2. The number of aryl methyl sites for hydroxylation is 2. The van der Waals surface area contributed by atoms with E-state index in [4.69, 9.17) is 0 Å². The first-order chi connectivity index (χ1) is 14.2. The molecule has 0 saturated heterocycles. The van der Waals surface area contributed by atoms with Crippen LogP contribution in [-0.2, 0) is 19.5 Å². The van der Waals surface area contributed by atoms with Gasteiger partial charge < -0.3 is 10.6 Å². The van der Waals surface area contributed by atoms with Crippen molar-refractivity contribution >= 4 is 17.7 Å². The largest absolute Gasteiger partial charge is 0.356 e. The second-order valence-corrected chi connectivity index (χ2v) is 9.38. The van der Waals surface area contributed by atoms with Crippen LogP contribution in [0.5, 0.6) is 0 Å². The third-order valence-corrected chi connectivity index (χ3v) is 7.05. The van der Waals surface area contributed by atoms with E-state index in [1.807, 2.05) is 16.3 Å². The van der Waals surface area contributed by atoms with Crippen molar-refractivity contribution in [3.05, 3.63) is 46.6 Å². The molecular weight excluding hydrogens is 384 g/mol. The number of thioether (sulfide) groups is 1. The first-order valence-electron chi connectivity index (χ1n) is 10.5. The highest BCUT2D eigenvalue weighted by molar-refractivity contribution is 8.01. The summed E-state index contributed by atoms with van der Waals surface area (Å²) >= 11 is 1.96. The molecule has 1 fully saturated rings. The molecule has 0 unspecified atom stereocenters. The lowest BCUT2D eigenvalue weighted by molar-refractivity contribution is 0.509. The SMILES string of the molecule is CN=C(NCCCn1nc2n(c1=O)CCCC2)NCC1(Sc2ccccc2)CC1. The minimum atomic E-state index is 0.0378. The van der Waals surface area contributed by atoms with Gasteiger partial charge in [-0.3, -0.25) is 9.56 Å². The molecule has 4 rings (SSSR count). The summed E-state index contributed by atoms with van der Waals surface area (Å²) in [6, 6.07) is 10.6. The molecule has 0 spiro atoms. The Hall–Kier alpha value is -2.22. The van der Waals surface area contributed by atoms with Gasteiger partial charge in [-0.1, -0.05) is 18.2 Å². The van der Waals surface area contributed by atoms with Crippen molar-refractivity contribution in [2.75, 3.05) is 20.1 Å². The number of aromatic nitrogens is 3. The van der Waals surface area contributed by atoms with Gasteiger partial charge in [0.25, 0.3) is 0 Å². The molecule has 0 radical (unpaired) electrons. The first kappa shape index (κ1) is 20.1. The molecule has 1 aliphatic heterocycles. The third-order valence-electron chi connectivity index (χ3n) is 5.56. The summed E-state index contributed by atoms with van der Waals surface area (Å²) in [5.74, 6) is 1.76. The average molecular weight is 415 g/mol. The maximum atomic E-state index is 12.4. The number of guanidine groups is 1. The van der Waals surface area contributed by atoms with E-state index in [0.29, 0.717) is 6.54 Å². The maximum absolute atomic E-state index is 12.4. The first-order valence-corrected chi connectivity index (χ1v) is 11.4. The minimum Gasteiger partial charge on any atom is -0.356 e. The van der Waals surface area contributed by atoms with Gasteiger partial charge in [0.1, 0.15) is 5.82 Å². The molecule has 2 aliphatic rings. The molecule has 156 valence electrons. The number of nitrogens with zero attached hydrogens (tertiary/aromatic N) is 4. The van der Waals surface area contributed by atoms with Crippen LogP contribution in [0.2, 0.25) is 0 Å². The van der Waals surface area contributed by atoms with E-state index in [1.54, 1.807) is 11.7 Å². The van der Waals surface area contributed by atoms with Crippen LogP contribution in [-0.4, -0.2) is 45.2 Å². The van der Waals surface area contributed by atoms with Crippen LogP contribution in [0.4, 0.5) is 0 Å². The zero-order chi connectivity index (χ0) is 20.1. The number of nitrogens with one attached hydrogen (secondary N) is 2. The van der Waals surface area contributed by atoms with E-state index >= 15 is 0 Å². The average Bonchev–Trinajstić information content (AvgIpc) is 3.44. The molecule has 7 nitrogen and oxygen atoms in total. The third kappa shape index (κ3) is 5.04. The van der Waals surface area contributed by atoms with Gasteiger partial charge in [0.2, 0.25) is 0 Å². The molecular formula is C21H30N6OS. The Morgan fingerprint density at radius 2 is 2.07 bits per heavy atom. The number of hydrogen-bond acceptors (Lipinski definition) is 4. The molecule has 0 atom stereocenters. The van der Waals surface area contributed by atoms with Crippen molar-refractivity contribution in [3.8, 4) is 0 Å². The van der Waals surface area contributed by atoms with E-state index in [1.165, 1.54) is 17.7 Å². The van der Waals surface area contributed by atoms with Crippen LogP contribution >= 0.6 is 11.8 Å². The second kappa shape index (κ2) is 9.07. The molecule has 1 aromatic carbocycles. The Balaban J connectivity index is 1.20. The van der Waals surface area contributed by atoms with E-state index < -0.39 is 0 Å². The number of benzene rings is 1. The monoisotopic (exact) mass is 414 g/mol.